The molecule has 0 saturated carbocycles. The largest absolute Gasteiger partial charge is 0.327 e. The van der Waals surface area contributed by atoms with Gasteiger partial charge in [-0.1, -0.05) is 13.8 Å². The van der Waals surface area contributed by atoms with Crippen LogP contribution in [0.5, 0.6) is 0 Å². The Labute approximate surface area is 91.3 Å². The molecule has 0 unspecified atom stereocenters. The van der Waals surface area contributed by atoms with Crippen molar-refractivity contribution in [2.75, 3.05) is 0 Å². The Morgan fingerprint density at radius 2 is 2.12 bits per heavy atom. The molecule has 0 fully saturated rings. The number of H-pyrrole nitrogens is 2. The molecule has 0 bridgehead atoms. The van der Waals surface area contributed by atoms with Gasteiger partial charge in [-0.05, 0) is 12.3 Å². The molecule has 2 aromatic heterocycles. The third-order valence-electron chi connectivity index (χ3n) is 2.46. The minimum Gasteiger partial charge on any atom is -0.317 e. The number of hydrogen-bond acceptors (Lipinski definition) is 3. The molecule has 0 amide bonds. The van der Waals surface area contributed by atoms with E-state index in [1.165, 1.54) is 0 Å². The maximum Gasteiger partial charge on any atom is 0.327 e. The Balaban J connectivity index is 2.48. The summed E-state index contributed by atoms with van der Waals surface area (Å²) in [7, 11) is 0. The van der Waals surface area contributed by atoms with Gasteiger partial charge >= 0.3 is 5.69 Å². The van der Waals surface area contributed by atoms with Crippen molar-refractivity contribution in [3.63, 3.8) is 0 Å². The molecule has 86 valence electrons. The fourth-order valence-corrected chi connectivity index (χ4v) is 1.55. The molecule has 2 heterocycles. The van der Waals surface area contributed by atoms with Crippen LogP contribution in [0.4, 0.5) is 0 Å². The van der Waals surface area contributed by atoms with Crippen molar-refractivity contribution >= 4 is 11.2 Å². The first-order valence-corrected chi connectivity index (χ1v) is 5.25. The second-order valence-electron chi connectivity index (χ2n) is 4.23. The highest BCUT2D eigenvalue weighted by molar-refractivity contribution is 5.68. The zero-order valence-corrected chi connectivity index (χ0v) is 9.28. The number of hydrogen-bond donors (Lipinski definition) is 2. The molecular formula is C10H14N4O2. The van der Waals surface area contributed by atoms with Crippen molar-refractivity contribution in [1.82, 2.24) is 19.5 Å². The van der Waals surface area contributed by atoms with Crippen LogP contribution in [-0.4, -0.2) is 19.5 Å². The lowest BCUT2D eigenvalue weighted by atomic mass is 10.1. The SMILES string of the molecule is CC(C)CCn1cnc2c(=O)[nH]c(=O)[nH]c21. The van der Waals surface area contributed by atoms with Crippen molar-refractivity contribution < 1.29 is 0 Å². The molecule has 0 saturated heterocycles. The van der Waals surface area contributed by atoms with Crippen LogP contribution < -0.4 is 11.2 Å². The van der Waals surface area contributed by atoms with Crippen molar-refractivity contribution in [1.29, 1.82) is 0 Å². The van der Waals surface area contributed by atoms with Crippen LogP contribution in [-0.2, 0) is 6.54 Å². The van der Waals surface area contributed by atoms with Crippen LogP contribution in [0.25, 0.3) is 11.2 Å². The second kappa shape index (κ2) is 3.96. The first-order valence-electron chi connectivity index (χ1n) is 5.25. The van der Waals surface area contributed by atoms with Crippen LogP contribution in [0, 0.1) is 5.92 Å². The second-order valence-corrected chi connectivity index (χ2v) is 4.23. The molecule has 0 aliphatic rings. The highest BCUT2D eigenvalue weighted by Crippen LogP contribution is 2.07. The van der Waals surface area contributed by atoms with Crippen molar-refractivity contribution in [3.05, 3.63) is 27.2 Å². The molecule has 6 nitrogen and oxygen atoms in total. The number of rotatable bonds is 3. The number of aryl methyl sites for hydroxylation is 1. The summed E-state index contributed by atoms with van der Waals surface area (Å²) < 4.78 is 1.80. The van der Waals surface area contributed by atoms with Crippen LogP contribution >= 0.6 is 0 Å². The van der Waals surface area contributed by atoms with Gasteiger partial charge in [-0.3, -0.25) is 14.8 Å². The fraction of sp³-hybridized carbons (Fsp3) is 0.500. The highest BCUT2D eigenvalue weighted by atomic mass is 16.2. The molecule has 0 aromatic carbocycles. The third kappa shape index (κ3) is 1.91. The van der Waals surface area contributed by atoms with E-state index in [4.69, 9.17) is 0 Å². The Bertz CT molecular complexity index is 605. The molecule has 0 radical (unpaired) electrons. The van der Waals surface area contributed by atoms with E-state index < -0.39 is 11.2 Å². The molecule has 16 heavy (non-hydrogen) atoms. The monoisotopic (exact) mass is 222 g/mol. The molecular weight excluding hydrogens is 208 g/mol. The molecule has 2 rings (SSSR count). The summed E-state index contributed by atoms with van der Waals surface area (Å²) >= 11 is 0. The maximum absolute atomic E-state index is 11.4. The standard InChI is InChI=1S/C10H14N4O2/c1-6(2)3-4-14-5-11-7-8(14)12-10(16)13-9(7)15/h5-6H,3-4H2,1-2H3,(H2,12,13,15,16). The maximum atomic E-state index is 11.4. The first kappa shape index (κ1) is 10.7. The Kier molecular flexibility index (Phi) is 2.64. The number of aromatic amines is 2. The molecule has 2 N–H and O–H groups in total. The average Bonchev–Trinajstić information content (AvgIpc) is 2.58. The Hall–Kier alpha value is -1.85. The van der Waals surface area contributed by atoms with Gasteiger partial charge in [0.15, 0.2) is 5.52 Å². The van der Waals surface area contributed by atoms with Crippen molar-refractivity contribution in [3.8, 4) is 0 Å². The van der Waals surface area contributed by atoms with Crippen molar-refractivity contribution in [2.45, 2.75) is 26.8 Å². The van der Waals surface area contributed by atoms with Gasteiger partial charge in [-0.25, -0.2) is 9.78 Å². The zero-order valence-electron chi connectivity index (χ0n) is 9.28. The van der Waals surface area contributed by atoms with Gasteiger partial charge in [0.2, 0.25) is 0 Å². The number of aromatic nitrogens is 4. The van der Waals surface area contributed by atoms with Crippen LogP contribution in [0.1, 0.15) is 20.3 Å². The predicted molar refractivity (Wildman–Crippen MR) is 60.4 cm³/mol. The lowest BCUT2D eigenvalue weighted by Crippen LogP contribution is -2.22. The molecule has 2 aromatic rings. The molecule has 0 aliphatic heterocycles. The summed E-state index contributed by atoms with van der Waals surface area (Å²) in [5.41, 5.74) is -0.163. The number of fused-ring (bicyclic) bond motifs is 1. The van der Waals surface area contributed by atoms with E-state index in [1.54, 1.807) is 10.9 Å². The van der Waals surface area contributed by atoms with E-state index >= 15 is 0 Å². The van der Waals surface area contributed by atoms with E-state index in [9.17, 15) is 9.59 Å². The van der Waals surface area contributed by atoms with Gasteiger partial charge in [-0.15, -0.1) is 0 Å². The van der Waals surface area contributed by atoms with Gasteiger partial charge in [0.25, 0.3) is 5.56 Å². The highest BCUT2D eigenvalue weighted by Gasteiger charge is 2.07. The summed E-state index contributed by atoms with van der Waals surface area (Å²) in [6.45, 7) is 4.98. The van der Waals surface area contributed by atoms with Gasteiger partial charge in [-0.2, -0.15) is 0 Å². The zero-order chi connectivity index (χ0) is 11.7. The van der Waals surface area contributed by atoms with E-state index in [1.807, 2.05) is 0 Å². The van der Waals surface area contributed by atoms with E-state index in [-0.39, 0.29) is 5.52 Å². The Morgan fingerprint density at radius 1 is 1.38 bits per heavy atom. The average molecular weight is 222 g/mol. The van der Waals surface area contributed by atoms with E-state index in [2.05, 4.69) is 28.8 Å². The summed E-state index contributed by atoms with van der Waals surface area (Å²) in [5, 5.41) is 0. The molecule has 0 atom stereocenters. The third-order valence-corrected chi connectivity index (χ3v) is 2.46. The quantitative estimate of drug-likeness (QED) is 0.791. The topological polar surface area (TPSA) is 83.5 Å². The summed E-state index contributed by atoms with van der Waals surface area (Å²) in [6, 6.07) is 0. The molecule has 0 aliphatic carbocycles. The number of nitrogens with zero attached hydrogens (tertiary/aromatic N) is 2. The van der Waals surface area contributed by atoms with Gasteiger partial charge in [0.1, 0.15) is 5.65 Å². The van der Waals surface area contributed by atoms with Crippen molar-refractivity contribution in [2.24, 2.45) is 5.92 Å². The predicted octanol–water partition coefficient (Wildman–Crippen LogP) is 0.459. The normalized spacial score (nSPS) is 11.4. The van der Waals surface area contributed by atoms with Gasteiger partial charge < -0.3 is 4.57 Å². The minimum absolute atomic E-state index is 0.281. The van der Waals surface area contributed by atoms with E-state index in [0.717, 1.165) is 13.0 Å². The Morgan fingerprint density at radius 3 is 2.81 bits per heavy atom. The van der Waals surface area contributed by atoms with Gasteiger partial charge in [0, 0.05) is 6.54 Å². The first-order chi connectivity index (χ1) is 7.58. The molecule has 6 heteroatoms. The summed E-state index contributed by atoms with van der Waals surface area (Å²) in [6.07, 6.45) is 2.55. The van der Waals surface area contributed by atoms with Crippen LogP contribution in [0.15, 0.2) is 15.9 Å². The summed E-state index contributed by atoms with van der Waals surface area (Å²) in [5.74, 6) is 0.561. The van der Waals surface area contributed by atoms with Crippen LogP contribution in [0.2, 0.25) is 0 Å². The van der Waals surface area contributed by atoms with Gasteiger partial charge in [0.05, 0.1) is 6.33 Å². The number of nitrogens with one attached hydrogen (secondary N) is 2. The smallest absolute Gasteiger partial charge is 0.317 e. The lowest BCUT2D eigenvalue weighted by molar-refractivity contribution is 0.521. The lowest BCUT2D eigenvalue weighted by Gasteiger charge is -2.05. The minimum atomic E-state index is -0.496. The fourth-order valence-electron chi connectivity index (χ4n) is 1.55. The number of imidazole rings is 1. The van der Waals surface area contributed by atoms with Crippen LogP contribution in [0.3, 0.4) is 0 Å². The van der Waals surface area contributed by atoms with E-state index in [0.29, 0.717) is 11.6 Å². The molecule has 0 spiro atoms. The summed E-state index contributed by atoms with van der Waals surface area (Å²) in [4.78, 5) is 31.3.